The van der Waals surface area contributed by atoms with Gasteiger partial charge in [-0.1, -0.05) is 6.07 Å². The summed E-state index contributed by atoms with van der Waals surface area (Å²) < 4.78 is 23.6. The smallest absolute Gasteiger partial charge is 0.237 e. The third kappa shape index (κ3) is 2.99. The first-order valence-corrected chi connectivity index (χ1v) is 6.24. The first-order valence-electron chi connectivity index (χ1n) is 6.24. The van der Waals surface area contributed by atoms with E-state index in [0.717, 1.165) is 11.3 Å². The molecule has 1 aromatic carbocycles. The van der Waals surface area contributed by atoms with Crippen LogP contribution in [0.3, 0.4) is 0 Å². The average molecular weight is 276 g/mol. The third-order valence-corrected chi connectivity index (χ3v) is 3.01. The molecule has 20 heavy (non-hydrogen) atoms. The van der Waals surface area contributed by atoms with Gasteiger partial charge in [0.1, 0.15) is 0 Å². The molecule has 0 aliphatic rings. The monoisotopic (exact) mass is 276 g/mol. The molecule has 106 valence electrons. The highest BCUT2D eigenvalue weighted by molar-refractivity contribution is 5.53. The van der Waals surface area contributed by atoms with Gasteiger partial charge in [0, 0.05) is 12.2 Å². The van der Waals surface area contributed by atoms with Crippen molar-refractivity contribution in [2.45, 2.75) is 13.0 Å². The fraction of sp³-hybridized carbons (Fsp3) is 0.267. The third-order valence-electron chi connectivity index (χ3n) is 3.01. The summed E-state index contributed by atoms with van der Waals surface area (Å²) in [5, 5.41) is 3.28. The van der Waals surface area contributed by atoms with Gasteiger partial charge in [-0.25, -0.2) is 9.37 Å². The van der Waals surface area contributed by atoms with Crippen molar-refractivity contribution in [1.29, 1.82) is 0 Å². The van der Waals surface area contributed by atoms with E-state index < -0.39 is 0 Å². The summed E-state index contributed by atoms with van der Waals surface area (Å²) in [5.41, 5.74) is 1.69. The number of halogens is 1. The van der Waals surface area contributed by atoms with Crippen LogP contribution in [-0.2, 0) is 0 Å². The van der Waals surface area contributed by atoms with Gasteiger partial charge in [-0.05, 0) is 36.8 Å². The molecule has 2 aromatic rings. The number of ether oxygens (including phenoxy) is 2. The van der Waals surface area contributed by atoms with Crippen LogP contribution in [0, 0.1) is 5.82 Å². The summed E-state index contributed by atoms with van der Waals surface area (Å²) in [6.45, 7) is 1.97. The second kappa shape index (κ2) is 6.23. The van der Waals surface area contributed by atoms with E-state index in [1.54, 1.807) is 25.4 Å². The highest BCUT2D eigenvalue weighted by atomic mass is 19.1. The number of hydrogen-bond acceptors (Lipinski definition) is 4. The molecular formula is C15H17FN2O2. The SMILES string of the molecule is COc1cc(C(C)Nc2cccnc2OC)ccc1F. The fourth-order valence-corrected chi connectivity index (χ4v) is 1.93. The van der Waals surface area contributed by atoms with Crippen molar-refractivity contribution in [3.8, 4) is 11.6 Å². The van der Waals surface area contributed by atoms with Gasteiger partial charge < -0.3 is 14.8 Å². The molecule has 0 spiro atoms. The predicted molar refractivity (Wildman–Crippen MR) is 75.8 cm³/mol. The zero-order valence-corrected chi connectivity index (χ0v) is 11.7. The molecule has 0 fully saturated rings. The van der Waals surface area contributed by atoms with Crippen LogP contribution in [0.25, 0.3) is 0 Å². The molecule has 0 amide bonds. The van der Waals surface area contributed by atoms with Gasteiger partial charge in [-0.3, -0.25) is 0 Å². The van der Waals surface area contributed by atoms with Crippen LogP contribution >= 0.6 is 0 Å². The topological polar surface area (TPSA) is 43.4 Å². The highest BCUT2D eigenvalue weighted by Crippen LogP contribution is 2.28. The lowest BCUT2D eigenvalue weighted by Crippen LogP contribution is -2.08. The van der Waals surface area contributed by atoms with Crippen molar-refractivity contribution in [2.24, 2.45) is 0 Å². The van der Waals surface area contributed by atoms with E-state index in [1.807, 2.05) is 19.1 Å². The summed E-state index contributed by atoms with van der Waals surface area (Å²) in [6, 6.07) is 8.45. The lowest BCUT2D eigenvalue weighted by molar-refractivity contribution is 0.385. The molecule has 0 saturated heterocycles. The van der Waals surface area contributed by atoms with Crippen molar-refractivity contribution >= 4 is 5.69 Å². The molecule has 1 aromatic heterocycles. The molecule has 1 N–H and O–H groups in total. The zero-order valence-electron chi connectivity index (χ0n) is 11.7. The predicted octanol–water partition coefficient (Wildman–Crippen LogP) is 3.41. The largest absolute Gasteiger partial charge is 0.494 e. The number of rotatable bonds is 5. The Kier molecular flexibility index (Phi) is 4.40. The molecule has 1 heterocycles. The Labute approximate surface area is 117 Å². The van der Waals surface area contributed by atoms with Crippen molar-refractivity contribution in [2.75, 3.05) is 19.5 Å². The number of nitrogens with one attached hydrogen (secondary N) is 1. The van der Waals surface area contributed by atoms with E-state index in [-0.39, 0.29) is 17.6 Å². The van der Waals surface area contributed by atoms with Gasteiger partial charge in [-0.2, -0.15) is 0 Å². The second-order valence-electron chi connectivity index (χ2n) is 4.32. The first-order chi connectivity index (χ1) is 9.65. The summed E-state index contributed by atoms with van der Waals surface area (Å²) in [7, 11) is 3.02. The number of anilines is 1. The molecule has 0 radical (unpaired) electrons. The van der Waals surface area contributed by atoms with Crippen molar-refractivity contribution in [3.05, 3.63) is 47.9 Å². The van der Waals surface area contributed by atoms with Crippen molar-refractivity contribution in [3.63, 3.8) is 0 Å². The number of methoxy groups -OCH3 is 2. The van der Waals surface area contributed by atoms with Crippen LogP contribution in [0.4, 0.5) is 10.1 Å². The van der Waals surface area contributed by atoms with Crippen molar-refractivity contribution < 1.29 is 13.9 Å². The summed E-state index contributed by atoms with van der Waals surface area (Å²) in [4.78, 5) is 4.12. The molecule has 2 rings (SSSR count). The Morgan fingerprint density at radius 2 is 2.00 bits per heavy atom. The Morgan fingerprint density at radius 3 is 2.70 bits per heavy atom. The highest BCUT2D eigenvalue weighted by Gasteiger charge is 2.12. The van der Waals surface area contributed by atoms with Crippen LogP contribution in [0.5, 0.6) is 11.6 Å². The number of benzene rings is 1. The molecule has 4 nitrogen and oxygen atoms in total. The maximum atomic E-state index is 13.4. The average Bonchev–Trinajstić information content (AvgIpc) is 2.48. The molecule has 1 unspecified atom stereocenters. The number of hydrogen-bond donors (Lipinski definition) is 1. The van der Waals surface area contributed by atoms with Gasteiger partial charge in [0.2, 0.25) is 5.88 Å². The summed E-state index contributed by atoms with van der Waals surface area (Å²) in [5.74, 6) is 0.380. The minimum absolute atomic E-state index is 0.0393. The van der Waals surface area contributed by atoms with E-state index in [0.29, 0.717) is 5.88 Å². The van der Waals surface area contributed by atoms with Crippen molar-refractivity contribution in [1.82, 2.24) is 4.98 Å². The van der Waals surface area contributed by atoms with Crippen LogP contribution in [0.15, 0.2) is 36.5 Å². The Balaban J connectivity index is 2.21. The maximum absolute atomic E-state index is 13.4. The normalized spacial score (nSPS) is 11.8. The van der Waals surface area contributed by atoms with E-state index in [2.05, 4.69) is 10.3 Å². The van der Waals surface area contributed by atoms with Crippen LogP contribution < -0.4 is 14.8 Å². The van der Waals surface area contributed by atoms with Crippen LogP contribution in [0.2, 0.25) is 0 Å². The number of nitrogens with zero attached hydrogens (tertiary/aromatic N) is 1. The molecule has 0 saturated carbocycles. The first kappa shape index (κ1) is 14.1. The second-order valence-corrected chi connectivity index (χ2v) is 4.32. The quantitative estimate of drug-likeness (QED) is 0.908. The van der Waals surface area contributed by atoms with Crippen LogP contribution in [-0.4, -0.2) is 19.2 Å². The van der Waals surface area contributed by atoms with Gasteiger partial charge in [0.25, 0.3) is 0 Å². The van der Waals surface area contributed by atoms with Gasteiger partial charge in [0.05, 0.1) is 19.9 Å². The summed E-state index contributed by atoms with van der Waals surface area (Å²) in [6.07, 6.45) is 1.66. The van der Waals surface area contributed by atoms with E-state index >= 15 is 0 Å². The zero-order chi connectivity index (χ0) is 14.5. The fourth-order valence-electron chi connectivity index (χ4n) is 1.93. The minimum atomic E-state index is -0.373. The van der Waals surface area contributed by atoms with Crippen LogP contribution in [0.1, 0.15) is 18.5 Å². The maximum Gasteiger partial charge on any atom is 0.237 e. The molecule has 5 heteroatoms. The Hall–Kier alpha value is -2.30. The molecule has 0 bridgehead atoms. The lowest BCUT2D eigenvalue weighted by atomic mass is 10.1. The Bertz CT molecular complexity index is 590. The standard InChI is InChI=1S/C15H17FN2O2/c1-10(11-6-7-12(16)14(9-11)19-2)18-13-5-4-8-17-15(13)20-3/h4-10,18H,1-3H3. The molecule has 0 aliphatic carbocycles. The number of aromatic nitrogens is 1. The lowest BCUT2D eigenvalue weighted by Gasteiger charge is -2.18. The van der Waals surface area contributed by atoms with Gasteiger partial charge in [-0.15, -0.1) is 0 Å². The van der Waals surface area contributed by atoms with E-state index in [4.69, 9.17) is 9.47 Å². The van der Waals surface area contributed by atoms with E-state index in [1.165, 1.54) is 13.2 Å². The van der Waals surface area contributed by atoms with Gasteiger partial charge in [0.15, 0.2) is 11.6 Å². The molecule has 1 atom stereocenters. The minimum Gasteiger partial charge on any atom is -0.494 e. The molecular weight excluding hydrogens is 259 g/mol. The Morgan fingerprint density at radius 1 is 1.20 bits per heavy atom. The number of pyridine rings is 1. The van der Waals surface area contributed by atoms with E-state index in [9.17, 15) is 4.39 Å². The van der Waals surface area contributed by atoms with Gasteiger partial charge >= 0.3 is 0 Å². The molecule has 0 aliphatic heterocycles. The summed E-state index contributed by atoms with van der Waals surface area (Å²) >= 11 is 0.